The molecule has 4 aromatic rings. The van der Waals surface area contributed by atoms with Gasteiger partial charge in [0.1, 0.15) is 41.4 Å². The number of aliphatic hydroxyl groups excluding tert-OH is 3. The number of nitrogens with zero attached hydrogens (tertiary/aromatic N) is 3. The molecule has 2 aromatic carbocycles. The van der Waals surface area contributed by atoms with Crippen LogP contribution in [-0.4, -0.2) is 68.0 Å². The number of methoxy groups -OCH3 is 1. The first-order chi connectivity index (χ1) is 17.0. The molecule has 0 spiro atoms. The summed E-state index contributed by atoms with van der Waals surface area (Å²) in [7, 11) is 1.42. The molecule has 5 rings (SSSR count). The molecule has 1 fully saturated rings. The normalized spacial score (nSPS) is 24.2. The molecule has 0 radical (unpaired) electrons. The molecule has 0 unspecified atom stereocenters. The summed E-state index contributed by atoms with van der Waals surface area (Å²) >= 11 is 0. The summed E-state index contributed by atoms with van der Waals surface area (Å²) in [5.41, 5.74) is 1.19. The van der Waals surface area contributed by atoms with Crippen LogP contribution in [0.2, 0.25) is 0 Å². The van der Waals surface area contributed by atoms with E-state index in [-0.39, 0.29) is 12.4 Å². The topological polar surface area (TPSA) is 122 Å². The largest absolute Gasteiger partial charge is 0.393 e. The molecule has 35 heavy (non-hydrogen) atoms. The minimum atomic E-state index is -1.50. The Bertz CT molecular complexity index is 1320. The van der Waals surface area contributed by atoms with Crippen molar-refractivity contribution in [3.05, 3.63) is 72.9 Å². The molecule has 4 N–H and O–H groups in total. The first kappa shape index (κ1) is 23.3. The lowest BCUT2D eigenvalue weighted by Crippen LogP contribution is -2.49. The summed E-state index contributed by atoms with van der Waals surface area (Å²) < 4.78 is 26.2. The van der Waals surface area contributed by atoms with Gasteiger partial charge in [-0.1, -0.05) is 30.3 Å². The number of ether oxygens (including phenoxy) is 2. The number of fused-ring (bicyclic) bond motifs is 1. The van der Waals surface area contributed by atoms with Gasteiger partial charge < -0.3 is 34.7 Å². The van der Waals surface area contributed by atoms with Crippen molar-refractivity contribution in [2.45, 2.75) is 24.0 Å². The number of benzene rings is 2. The fraction of sp³-hybridized carbons (Fsp3) is 0.280. The van der Waals surface area contributed by atoms with E-state index in [2.05, 4.69) is 15.3 Å². The van der Waals surface area contributed by atoms with Gasteiger partial charge in [-0.15, -0.1) is 0 Å². The van der Waals surface area contributed by atoms with Crippen LogP contribution in [0, 0.1) is 5.82 Å². The monoisotopic (exact) mass is 480 g/mol. The molecule has 3 heterocycles. The zero-order chi connectivity index (χ0) is 24.6. The molecule has 2 aromatic heterocycles. The second-order valence-corrected chi connectivity index (χ2v) is 8.47. The van der Waals surface area contributed by atoms with Crippen molar-refractivity contribution in [2.75, 3.05) is 25.6 Å². The second kappa shape index (κ2) is 9.33. The van der Waals surface area contributed by atoms with Crippen LogP contribution in [0.4, 0.5) is 15.9 Å². The third-order valence-electron chi connectivity index (χ3n) is 6.24. The summed E-state index contributed by atoms with van der Waals surface area (Å²) in [6.45, 7) is -0.665. The Morgan fingerprint density at radius 2 is 1.86 bits per heavy atom. The van der Waals surface area contributed by atoms with Crippen molar-refractivity contribution < 1.29 is 29.2 Å². The number of rotatable bonds is 7. The second-order valence-electron chi connectivity index (χ2n) is 8.47. The molecule has 1 aliphatic heterocycles. The molecule has 0 saturated carbocycles. The minimum Gasteiger partial charge on any atom is -0.393 e. The van der Waals surface area contributed by atoms with Gasteiger partial charge in [0.25, 0.3) is 0 Å². The van der Waals surface area contributed by atoms with Gasteiger partial charge in [0.05, 0.1) is 18.6 Å². The Labute approximate surface area is 200 Å². The van der Waals surface area contributed by atoms with Crippen LogP contribution in [0.25, 0.3) is 22.2 Å². The molecule has 1 aliphatic rings. The molecule has 0 bridgehead atoms. The zero-order valence-corrected chi connectivity index (χ0v) is 18.9. The zero-order valence-electron chi connectivity index (χ0n) is 18.9. The van der Waals surface area contributed by atoms with Crippen LogP contribution >= 0.6 is 0 Å². The Morgan fingerprint density at radius 3 is 2.54 bits per heavy atom. The maximum absolute atomic E-state index is 13.4. The molecule has 10 heteroatoms. The minimum absolute atomic E-state index is 0.116. The molecule has 182 valence electrons. The summed E-state index contributed by atoms with van der Waals surface area (Å²) in [5, 5.41) is 35.5. The number of hydrogen-bond donors (Lipinski definition) is 4. The van der Waals surface area contributed by atoms with Crippen molar-refractivity contribution in [3.8, 4) is 11.1 Å². The lowest BCUT2D eigenvalue weighted by molar-refractivity contribution is -0.154. The lowest BCUT2D eigenvalue weighted by atomic mass is 9.97. The predicted octanol–water partition coefficient (Wildman–Crippen LogP) is 2.61. The van der Waals surface area contributed by atoms with Crippen molar-refractivity contribution in [3.63, 3.8) is 0 Å². The maximum Gasteiger partial charge on any atom is 0.165 e. The maximum atomic E-state index is 13.4. The van der Waals surface area contributed by atoms with Gasteiger partial charge in [0.2, 0.25) is 0 Å². The number of aromatic nitrogens is 3. The third-order valence-corrected chi connectivity index (χ3v) is 6.24. The Kier molecular flexibility index (Phi) is 6.22. The smallest absolute Gasteiger partial charge is 0.165 e. The molecule has 0 amide bonds. The van der Waals surface area contributed by atoms with Gasteiger partial charge in [0.15, 0.2) is 6.23 Å². The van der Waals surface area contributed by atoms with Gasteiger partial charge in [-0.2, -0.15) is 0 Å². The third kappa shape index (κ3) is 4.05. The quantitative estimate of drug-likeness (QED) is 0.319. The summed E-state index contributed by atoms with van der Waals surface area (Å²) in [5.74, 6) is 0.117. The van der Waals surface area contributed by atoms with E-state index < -0.39 is 30.6 Å². The number of halogens is 1. The van der Waals surface area contributed by atoms with Crippen molar-refractivity contribution >= 4 is 22.5 Å². The summed E-state index contributed by atoms with van der Waals surface area (Å²) in [6.07, 6.45) is -0.675. The highest BCUT2D eigenvalue weighted by atomic mass is 19.1. The van der Waals surface area contributed by atoms with E-state index in [9.17, 15) is 19.7 Å². The van der Waals surface area contributed by atoms with E-state index in [1.807, 2.05) is 30.3 Å². The standard InChI is InChI=1S/C25H25FN4O5/c1-34-13-25(12-31)21(33)20(32)24(35-25)30-11-18(15-5-3-2-4-6-15)19-22(27-14-28-23(19)30)29-17-9-7-16(26)8-10-17/h2-11,14,20-21,24,31-33H,12-13H2,1H3,(H,27,28,29)/t20-,21+,24+,25-/m0/s1. The van der Waals surface area contributed by atoms with Crippen LogP contribution in [0.1, 0.15) is 6.23 Å². The Hall–Kier alpha value is -3.41. The van der Waals surface area contributed by atoms with Gasteiger partial charge in [-0.05, 0) is 29.8 Å². The van der Waals surface area contributed by atoms with Crippen LogP contribution in [0.5, 0.6) is 0 Å². The van der Waals surface area contributed by atoms with E-state index in [0.29, 0.717) is 22.5 Å². The number of anilines is 2. The highest BCUT2D eigenvalue weighted by molar-refractivity contribution is 6.02. The number of nitrogens with one attached hydrogen (secondary N) is 1. The molecule has 0 aliphatic carbocycles. The van der Waals surface area contributed by atoms with Gasteiger partial charge in [-0.3, -0.25) is 0 Å². The average molecular weight is 480 g/mol. The van der Waals surface area contributed by atoms with Crippen molar-refractivity contribution in [1.29, 1.82) is 0 Å². The van der Waals surface area contributed by atoms with Gasteiger partial charge >= 0.3 is 0 Å². The first-order valence-electron chi connectivity index (χ1n) is 11.0. The lowest BCUT2D eigenvalue weighted by Gasteiger charge is -2.28. The van der Waals surface area contributed by atoms with E-state index in [1.54, 1.807) is 22.9 Å². The number of aliphatic hydroxyl groups is 3. The van der Waals surface area contributed by atoms with Gasteiger partial charge in [-0.25, -0.2) is 14.4 Å². The van der Waals surface area contributed by atoms with Crippen LogP contribution in [-0.2, 0) is 9.47 Å². The fourth-order valence-corrected chi connectivity index (χ4v) is 4.49. The van der Waals surface area contributed by atoms with Crippen molar-refractivity contribution in [2.24, 2.45) is 0 Å². The molecule has 4 atom stereocenters. The first-order valence-corrected chi connectivity index (χ1v) is 11.0. The SMILES string of the molecule is COC[C@]1(CO)O[C@@H](n2cc(-c3ccccc3)c3c(Nc4ccc(F)cc4)ncnc32)[C@@H](O)[C@H]1O. The van der Waals surface area contributed by atoms with Gasteiger partial charge in [0, 0.05) is 24.6 Å². The average Bonchev–Trinajstić information content (AvgIpc) is 3.38. The van der Waals surface area contributed by atoms with E-state index in [4.69, 9.17) is 9.47 Å². The van der Waals surface area contributed by atoms with E-state index in [0.717, 1.165) is 11.1 Å². The predicted molar refractivity (Wildman–Crippen MR) is 126 cm³/mol. The fourth-order valence-electron chi connectivity index (χ4n) is 4.49. The highest BCUT2D eigenvalue weighted by Crippen LogP contribution is 2.42. The van der Waals surface area contributed by atoms with Crippen LogP contribution in [0.3, 0.4) is 0 Å². The van der Waals surface area contributed by atoms with Crippen LogP contribution < -0.4 is 5.32 Å². The molecule has 1 saturated heterocycles. The Balaban J connectivity index is 1.66. The number of hydrogen-bond acceptors (Lipinski definition) is 8. The molecular formula is C25H25FN4O5. The highest BCUT2D eigenvalue weighted by Gasteiger charge is 2.55. The van der Waals surface area contributed by atoms with E-state index >= 15 is 0 Å². The van der Waals surface area contributed by atoms with Crippen LogP contribution in [0.15, 0.2) is 67.1 Å². The van der Waals surface area contributed by atoms with E-state index in [1.165, 1.54) is 25.6 Å². The molecule has 9 nitrogen and oxygen atoms in total. The summed E-state index contributed by atoms with van der Waals surface area (Å²) in [6, 6.07) is 15.4. The molecular weight excluding hydrogens is 455 g/mol. The Morgan fingerprint density at radius 1 is 1.11 bits per heavy atom. The van der Waals surface area contributed by atoms with Crippen molar-refractivity contribution in [1.82, 2.24) is 14.5 Å². The summed E-state index contributed by atoms with van der Waals surface area (Å²) in [4.78, 5) is 8.87.